The van der Waals surface area contributed by atoms with Gasteiger partial charge in [0.25, 0.3) is 0 Å². The van der Waals surface area contributed by atoms with Gasteiger partial charge in [-0.05, 0) is 53.5 Å². The highest BCUT2D eigenvalue weighted by atomic mass is 79.9. The number of ether oxygens (including phenoxy) is 1. The summed E-state index contributed by atoms with van der Waals surface area (Å²) in [5.74, 6) is 0.846. The fourth-order valence-electron chi connectivity index (χ4n) is 2.60. The van der Waals surface area contributed by atoms with E-state index in [9.17, 15) is 5.26 Å². The Kier molecular flexibility index (Phi) is 4.49. The minimum Gasteiger partial charge on any atom is -0.496 e. The van der Waals surface area contributed by atoms with Crippen molar-refractivity contribution in [2.24, 2.45) is 5.41 Å². The second-order valence-corrected chi connectivity index (χ2v) is 6.24. The summed E-state index contributed by atoms with van der Waals surface area (Å²) in [6.45, 7) is 1.71. The molecule has 102 valence electrons. The van der Waals surface area contributed by atoms with Crippen LogP contribution in [0, 0.1) is 16.7 Å². The molecule has 0 spiro atoms. The van der Waals surface area contributed by atoms with Gasteiger partial charge in [0.2, 0.25) is 0 Å². The molecule has 0 N–H and O–H groups in total. The number of nitriles is 1. The van der Waals surface area contributed by atoms with Crippen molar-refractivity contribution in [2.75, 3.05) is 20.7 Å². The molecule has 1 saturated carbocycles. The molecular weight excluding hydrogens is 304 g/mol. The second-order valence-electron chi connectivity index (χ2n) is 5.39. The van der Waals surface area contributed by atoms with Crippen LogP contribution in [0.5, 0.6) is 5.75 Å². The van der Waals surface area contributed by atoms with Crippen molar-refractivity contribution < 1.29 is 4.74 Å². The van der Waals surface area contributed by atoms with E-state index in [1.807, 2.05) is 6.07 Å². The van der Waals surface area contributed by atoms with Gasteiger partial charge in [-0.15, -0.1) is 0 Å². The van der Waals surface area contributed by atoms with Gasteiger partial charge in [-0.1, -0.05) is 12.5 Å². The molecule has 3 nitrogen and oxygen atoms in total. The van der Waals surface area contributed by atoms with Gasteiger partial charge in [0.15, 0.2) is 0 Å². The molecule has 0 aromatic heterocycles. The van der Waals surface area contributed by atoms with Crippen LogP contribution in [0.15, 0.2) is 22.7 Å². The zero-order valence-electron chi connectivity index (χ0n) is 11.4. The van der Waals surface area contributed by atoms with Gasteiger partial charge in [0.05, 0.1) is 23.1 Å². The maximum atomic E-state index is 9.26. The molecular formula is C15H19BrN2O. The van der Waals surface area contributed by atoms with E-state index in [0.29, 0.717) is 0 Å². The number of hydrogen-bond acceptors (Lipinski definition) is 3. The molecule has 0 saturated heterocycles. The molecule has 0 amide bonds. The number of hydrogen-bond donors (Lipinski definition) is 0. The first-order valence-electron chi connectivity index (χ1n) is 6.51. The lowest BCUT2D eigenvalue weighted by Crippen LogP contribution is -2.39. The van der Waals surface area contributed by atoms with E-state index in [-0.39, 0.29) is 5.41 Å². The number of nitrogens with zero attached hydrogens (tertiary/aromatic N) is 2. The molecule has 4 heteroatoms. The summed E-state index contributed by atoms with van der Waals surface area (Å²) in [5, 5.41) is 9.26. The Morgan fingerprint density at radius 3 is 2.68 bits per heavy atom. The smallest absolute Gasteiger partial charge is 0.133 e. The minimum absolute atomic E-state index is 0.0988. The summed E-state index contributed by atoms with van der Waals surface area (Å²) in [7, 11) is 3.74. The van der Waals surface area contributed by atoms with E-state index in [1.165, 1.54) is 12.0 Å². The molecule has 2 rings (SSSR count). The van der Waals surface area contributed by atoms with Crippen molar-refractivity contribution in [3.63, 3.8) is 0 Å². The van der Waals surface area contributed by atoms with Crippen LogP contribution < -0.4 is 4.74 Å². The van der Waals surface area contributed by atoms with Crippen molar-refractivity contribution in [2.45, 2.75) is 25.8 Å². The van der Waals surface area contributed by atoms with Crippen molar-refractivity contribution in [3.8, 4) is 11.8 Å². The second kappa shape index (κ2) is 5.94. The van der Waals surface area contributed by atoms with Gasteiger partial charge in [-0.2, -0.15) is 5.26 Å². The Hall–Kier alpha value is -1.05. The molecule has 19 heavy (non-hydrogen) atoms. The van der Waals surface area contributed by atoms with E-state index < -0.39 is 0 Å². The summed E-state index contributed by atoms with van der Waals surface area (Å²) in [6, 6.07) is 8.61. The predicted molar refractivity (Wildman–Crippen MR) is 78.9 cm³/mol. The number of rotatable bonds is 5. The molecule has 0 unspecified atom stereocenters. The molecule has 0 bridgehead atoms. The number of benzene rings is 1. The van der Waals surface area contributed by atoms with Crippen LogP contribution >= 0.6 is 15.9 Å². The number of halogens is 1. The highest BCUT2D eigenvalue weighted by molar-refractivity contribution is 9.10. The normalized spacial score (nSPS) is 16.8. The average Bonchev–Trinajstić information content (AvgIpc) is 2.34. The lowest BCUT2D eigenvalue weighted by atomic mass is 9.69. The highest BCUT2D eigenvalue weighted by Gasteiger charge is 2.37. The Bertz CT molecular complexity index is 491. The molecule has 0 heterocycles. The molecule has 0 radical (unpaired) electrons. The Morgan fingerprint density at radius 1 is 1.47 bits per heavy atom. The summed E-state index contributed by atoms with van der Waals surface area (Å²) < 4.78 is 6.20. The first kappa shape index (κ1) is 14.4. The number of methoxy groups -OCH3 is 1. The van der Waals surface area contributed by atoms with Crippen LogP contribution in [0.1, 0.15) is 24.8 Å². The summed E-state index contributed by atoms with van der Waals surface area (Å²) >= 11 is 3.50. The van der Waals surface area contributed by atoms with E-state index in [4.69, 9.17) is 4.74 Å². The van der Waals surface area contributed by atoms with E-state index in [0.717, 1.165) is 36.2 Å². The topological polar surface area (TPSA) is 36.3 Å². The minimum atomic E-state index is -0.0988. The van der Waals surface area contributed by atoms with Crippen LogP contribution in [-0.4, -0.2) is 25.6 Å². The van der Waals surface area contributed by atoms with Gasteiger partial charge >= 0.3 is 0 Å². The zero-order chi connectivity index (χ0) is 13.9. The summed E-state index contributed by atoms with van der Waals surface area (Å²) in [6.07, 6.45) is 3.27. The molecule has 1 aliphatic rings. The third kappa shape index (κ3) is 3.29. The fourth-order valence-corrected chi connectivity index (χ4v) is 3.19. The monoisotopic (exact) mass is 322 g/mol. The maximum absolute atomic E-state index is 9.26. The molecule has 1 fully saturated rings. The quantitative estimate of drug-likeness (QED) is 0.831. The third-order valence-electron chi connectivity index (χ3n) is 3.79. The molecule has 1 aromatic rings. The van der Waals surface area contributed by atoms with Gasteiger partial charge < -0.3 is 9.64 Å². The highest BCUT2D eigenvalue weighted by Crippen LogP contribution is 2.40. The standard InChI is InChI=1S/C15H19BrN2O/c1-18(11-15(10-17)6-3-7-15)9-12-4-5-14(19-2)13(16)8-12/h4-5,8H,3,6-7,9,11H2,1-2H3. The van der Waals surface area contributed by atoms with Gasteiger partial charge in [-0.25, -0.2) is 0 Å². The zero-order valence-corrected chi connectivity index (χ0v) is 13.0. The Balaban J connectivity index is 1.97. The van der Waals surface area contributed by atoms with Gasteiger partial charge in [-0.3, -0.25) is 0 Å². The third-order valence-corrected chi connectivity index (χ3v) is 4.41. The lowest BCUT2D eigenvalue weighted by molar-refractivity contribution is 0.134. The lowest BCUT2D eigenvalue weighted by Gasteiger charge is -2.38. The Morgan fingerprint density at radius 2 is 2.21 bits per heavy atom. The SMILES string of the molecule is COc1ccc(CN(C)CC2(C#N)CCC2)cc1Br. The summed E-state index contributed by atoms with van der Waals surface area (Å²) in [5.41, 5.74) is 1.13. The van der Waals surface area contributed by atoms with Crippen molar-refractivity contribution in [1.82, 2.24) is 4.90 Å². The van der Waals surface area contributed by atoms with Crippen LogP contribution in [-0.2, 0) is 6.54 Å². The fraction of sp³-hybridized carbons (Fsp3) is 0.533. The van der Waals surface area contributed by atoms with Crippen LogP contribution in [0.25, 0.3) is 0 Å². The van der Waals surface area contributed by atoms with E-state index in [1.54, 1.807) is 7.11 Å². The van der Waals surface area contributed by atoms with Crippen molar-refractivity contribution >= 4 is 15.9 Å². The van der Waals surface area contributed by atoms with Gasteiger partial charge in [0, 0.05) is 13.1 Å². The first-order valence-corrected chi connectivity index (χ1v) is 7.30. The molecule has 0 atom stereocenters. The maximum Gasteiger partial charge on any atom is 0.133 e. The molecule has 0 aliphatic heterocycles. The summed E-state index contributed by atoms with van der Waals surface area (Å²) in [4.78, 5) is 2.23. The Labute approximate surface area is 123 Å². The first-order chi connectivity index (χ1) is 9.08. The van der Waals surface area contributed by atoms with E-state index in [2.05, 4.69) is 46.1 Å². The van der Waals surface area contributed by atoms with Crippen molar-refractivity contribution in [1.29, 1.82) is 5.26 Å². The van der Waals surface area contributed by atoms with Crippen LogP contribution in [0.3, 0.4) is 0 Å². The average molecular weight is 323 g/mol. The predicted octanol–water partition coefficient (Wildman–Crippen LogP) is 3.58. The van der Waals surface area contributed by atoms with E-state index >= 15 is 0 Å². The van der Waals surface area contributed by atoms with Crippen molar-refractivity contribution in [3.05, 3.63) is 28.2 Å². The molecule has 1 aromatic carbocycles. The largest absolute Gasteiger partial charge is 0.496 e. The van der Waals surface area contributed by atoms with Crippen LogP contribution in [0.4, 0.5) is 0 Å². The van der Waals surface area contributed by atoms with Crippen LogP contribution in [0.2, 0.25) is 0 Å². The van der Waals surface area contributed by atoms with Gasteiger partial charge in [0.1, 0.15) is 5.75 Å². The molecule has 1 aliphatic carbocycles.